The smallest absolute Gasteiger partial charge is 0.144 e. The highest BCUT2D eigenvalue weighted by Crippen LogP contribution is 2.21. The molecule has 70 valence electrons. The quantitative estimate of drug-likeness (QED) is 0.569. The van der Waals surface area contributed by atoms with Crippen molar-refractivity contribution >= 4 is 54.7 Å². The van der Waals surface area contributed by atoms with Gasteiger partial charge in [-0.25, -0.2) is 0 Å². The summed E-state index contributed by atoms with van der Waals surface area (Å²) < 4.78 is 1.15. The van der Waals surface area contributed by atoms with Gasteiger partial charge in [-0.3, -0.25) is 0 Å². The Morgan fingerprint density at radius 3 is 2.42 bits per heavy atom. The zero-order valence-electron chi connectivity index (χ0n) is 6.99. The topological polar surface area (TPSA) is 38.0 Å². The lowest BCUT2D eigenvalue weighted by Crippen LogP contribution is -2.22. The summed E-state index contributed by atoms with van der Waals surface area (Å²) in [7, 11) is 2.71. The van der Waals surface area contributed by atoms with Gasteiger partial charge in [0, 0.05) is 6.54 Å². The molecule has 0 aromatic carbocycles. The molecule has 0 aliphatic rings. The third kappa shape index (κ3) is 8.58. The van der Waals surface area contributed by atoms with E-state index in [4.69, 9.17) is 18.0 Å². The van der Waals surface area contributed by atoms with Crippen LogP contribution in [-0.2, 0) is 0 Å². The fourth-order valence-corrected chi connectivity index (χ4v) is 2.04. The number of thiocarbonyl (C=S) groups is 2. The van der Waals surface area contributed by atoms with Crippen LogP contribution in [-0.4, -0.2) is 15.2 Å². The van der Waals surface area contributed by atoms with E-state index >= 15 is 0 Å². The Morgan fingerprint density at radius 1 is 1.42 bits per heavy atom. The van der Waals surface area contributed by atoms with Gasteiger partial charge in [-0.15, -0.1) is 0 Å². The fourth-order valence-electron chi connectivity index (χ4n) is 0.396. The molecule has 0 fully saturated rings. The van der Waals surface area contributed by atoms with E-state index in [0.717, 1.165) is 10.9 Å². The molecular formula is C6H12N2S4. The van der Waals surface area contributed by atoms with Crippen molar-refractivity contribution in [1.29, 1.82) is 0 Å². The van der Waals surface area contributed by atoms with E-state index in [1.54, 1.807) is 0 Å². The predicted octanol–water partition coefficient (Wildman–Crippen LogP) is 2.14. The Morgan fingerprint density at radius 2 is 2.00 bits per heavy atom. The number of nitrogens with two attached hydrogens (primary N) is 1. The first kappa shape index (κ1) is 12.5. The van der Waals surface area contributed by atoms with Crippen LogP contribution in [0, 0.1) is 5.92 Å². The molecule has 0 atom stereocenters. The van der Waals surface area contributed by atoms with Crippen LogP contribution in [0.1, 0.15) is 13.8 Å². The summed E-state index contributed by atoms with van der Waals surface area (Å²) in [6, 6.07) is 0. The molecule has 0 unspecified atom stereocenters. The minimum absolute atomic E-state index is 0.411. The molecule has 0 amide bonds. The summed E-state index contributed by atoms with van der Waals surface area (Å²) in [6.45, 7) is 5.14. The second kappa shape index (κ2) is 6.94. The maximum atomic E-state index is 5.28. The fraction of sp³-hybridized carbons (Fsp3) is 0.667. The molecule has 0 heterocycles. The molecule has 12 heavy (non-hydrogen) atoms. The number of rotatable bonds is 2. The van der Waals surface area contributed by atoms with E-state index in [-0.39, 0.29) is 0 Å². The van der Waals surface area contributed by atoms with E-state index in [9.17, 15) is 0 Å². The van der Waals surface area contributed by atoms with Gasteiger partial charge < -0.3 is 11.1 Å². The van der Waals surface area contributed by atoms with Crippen LogP contribution >= 0.6 is 46.0 Å². The molecule has 0 spiro atoms. The second-order valence-electron chi connectivity index (χ2n) is 2.55. The SMILES string of the molecule is CC(C)CNC(=S)SSC(N)=S. The average Bonchev–Trinajstić information content (AvgIpc) is 1.96. The number of nitrogens with one attached hydrogen (secondary N) is 1. The van der Waals surface area contributed by atoms with Crippen molar-refractivity contribution in [3.63, 3.8) is 0 Å². The molecule has 0 saturated heterocycles. The van der Waals surface area contributed by atoms with Gasteiger partial charge in [0.2, 0.25) is 0 Å². The van der Waals surface area contributed by atoms with Crippen molar-refractivity contribution in [2.45, 2.75) is 13.8 Å². The summed E-state index contributed by atoms with van der Waals surface area (Å²) >= 11 is 9.69. The van der Waals surface area contributed by atoms with Crippen LogP contribution in [0.5, 0.6) is 0 Å². The monoisotopic (exact) mass is 240 g/mol. The maximum absolute atomic E-state index is 5.28. The molecule has 0 aliphatic heterocycles. The van der Waals surface area contributed by atoms with Crippen molar-refractivity contribution in [1.82, 2.24) is 5.32 Å². The van der Waals surface area contributed by atoms with Crippen molar-refractivity contribution in [3.8, 4) is 0 Å². The standard InChI is InChI=1S/C6H12N2S4/c1-4(2)3-8-6(10)12-11-5(7)9/h4H,3H2,1-2H3,(H2,7,9)(H,8,10). The highest BCUT2D eigenvalue weighted by molar-refractivity contribution is 8.89. The van der Waals surface area contributed by atoms with E-state index in [2.05, 4.69) is 31.4 Å². The van der Waals surface area contributed by atoms with E-state index in [1.165, 1.54) is 21.6 Å². The molecule has 0 radical (unpaired) electrons. The Hall–Kier alpha value is 0.480. The van der Waals surface area contributed by atoms with E-state index in [0.29, 0.717) is 10.2 Å². The van der Waals surface area contributed by atoms with Gasteiger partial charge in [-0.2, -0.15) is 0 Å². The Kier molecular flexibility index (Phi) is 7.22. The lowest BCUT2D eigenvalue weighted by molar-refractivity contribution is 0.630. The third-order valence-corrected chi connectivity index (χ3v) is 3.96. The first-order valence-corrected chi connectivity index (χ1v) is 6.40. The normalized spacial score (nSPS) is 9.92. The van der Waals surface area contributed by atoms with Gasteiger partial charge in [0.15, 0.2) is 0 Å². The molecule has 0 aromatic rings. The lowest BCUT2D eigenvalue weighted by Gasteiger charge is -2.07. The molecule has 0 aromatic heterocycles. The van der Waals surface area contributed by atoms with Crippen LogP contribution in [0.4, 0.5) is 0 Å². The molecule has 0 saturated carbocycles. The highest BCUT2D eigenvalue weighted by atomic mass is 33.1. The van der Waals surface area contributed by atoms with Gasteiger partial charge in [-0.05, 0) is 27.5 Å². The Labute approximate surface area is 91.8 Å². The van der Waals surface area contributed by atoms with Crippen molar-refractivity contribution in [3.05, 3.63) is 0 Å². The summed E-state index contributed by atoms with van der Waals surface area (Å²) in [5, 5.41) is 3.10. The summed E-state index contributed by atoms with van der Waals surface area (Å²) in [5.41, 5.74) is 5.28. The van der Waals surface area contributed by atoms with Gasteiger partial charge >= 0.3 is 0 Å². The minimum atomic E-state index is 0.411. The highest BCUT2D eigenvalue weighted by Gasteiger charge is 2.00. The van der Waals surface area contributed by atoms with Crippen LogP contribution in [0.2, 0.25) is 0 Å². The molecule has 0 bridgehead atoms. The second-order valence-corrected chi connectivity index (χ2v) is 6.09. The molecule has 0 aliphatic carbocycles. The minimum Gasteiger partial charge on any atom is -0.384 e. The van der Waals surface area contributed by atoms with Crippen LogP contribution in [0.25, 0.3) is 0 Å². The zero-order chi connectivity index (χ0) is 9.56. The lowest BCUT2D eigenvalue weighted by atomic mass is 10.2. The molecule has 2 nitrogen and oxygen atoms in total. The first-order valence-electron chi connectivity index (χ1n) is 3.44. The van der Waals surface area contributed by atoms with Crippen LogP contribution < -0.4 is 11.1 Å². The maximum Gasteiger partial charge on any atom is 0.144 e. The number of hydrogen-bond acceptors (Lipinski definition) is 4. The Balaban J connectivity index is 3.40. The van der Waals surface area contributed by atoms with E-state index < -0.39 is 0 Å². The summed E-state index contributed by atoms with van der Waals surface area (Å²) in [5.74, 6) is 0.596. The molecule has 0 rings (SSSR count). The van der Waals surface area contributed by atoms with Crippen molar-refractivity contribution in [2.24, 2.45) is 11.7 Å². The largest absolute Gasteiger partial charge is 0.384 e. The molecule has 3 N–H and O–H groups in total. The van der Waals surface area contributed by atoms with Crippen LogP contribution in [0.3, 0.4) is 0 Å². The molecular weight excluding hydrogens is 228 g/mol. The van der Waals surface area contributed by atoms with Gasteiger partial charge in [-0.1, -0.05) is 38.3 Å². The zero-order valence-corrected chi connectivity index (χ0v) is 10.3. The van der Waals surface area contributed by atoms with Crippen LogP contribution in [0.15, 0.2) is 0 Å². The van der Waals surface area contributed by atoms with Gasteiger partial charge in [0.05, 0.1) is 0 Å². The summed E-state index contributed by atoms with van der Waals surface area (Å²) in [6.07, 6.45) is 0. The summed E-state index contributed by atoms with van der Waals surface area (Å²) in [4.78, 5) is 0. The Bertz CT molecular complexity index is 169. The van der Waals surface area contributed by atoms with Crippen molar-refractivity contribution < 1.29 is 0 Å². The molecule has 6 heteroatoms. The van der Waals surface area contributed by atoms with E-state index in [1.807, 2.05) is 0 Å². The predicted molar refractivity (Wildman–Crippen MR) is 67.4 cm³/mol. The first-order chi connectivity index (χ1) is 5.52. The van der Waals surface area contributed by atoms with Gasteiger partial charge in [0.25, 0.3) is 0 Å². The third-order valence-electron chi connectivity index (χ3n) is 0.854. The van der Waals surface area contributed by atoms with Gasteiger partial charge in [0.1, 0.15) is 8.64 Å². The number of hydrogen-bond donors (Lipinski definition) is 2. The van der Waals surface area contributed by atoms with Crippen molar-refractivity contribution in [2.75, 3.05) is 6.54 Å². The average molecular weight is 240 g/mol.